The predicted molar refractivity (Wildman–Crippen MR) is 267 cm³/mol. The third kappa shape index (κ3) is 47.7. The second kappa shape index (κ2) is 52.0. The van der Waals surface area contributed by atoms with Gasteiger partial charge >= 0.3 is 0 Å². The minimum absolute atomic E-state index is 0.0727. The Hall–Kier alpha value is -1.39. The molecular weight excluding hydrogens is 735 g/mol. The van der Waals surface area contributed by atoms with Crippen LogP contribution in [0.3, 0.4) is 0 Å². The lowest BCUT2D eigenvalue weighted by Gasteiger charge is -2.19. The largest absolute Gasteiger partial charge is 0.394 e. The van der Waals surface area contributed by atoms with Gasteiger partial charge in [-0.05, 0) is 57.8 Å². The molecule has 1 amide bonds. The minimum atomic E-state index is -0.863. The summed E-state index contributed by atoms with van der Waals surface area (Å²) in [7, 11) is 0. The van der Waals surface area contributed by atoms with Crippen molar-refractivity contribution in [2.75, 3.05) is 6.61 Å². The number of carbonyl (C=O) groups excluding carboxylic acids is 1. The summed E-state index contributed by atoms with van der Waals surface area (Å²) in [4.78, 5) is 12.4. The van der Waals surface area contributed by atoms with E-state index in [0.717, 1.165) is 32.1 Å². The van der Waals surface area contributed by atoms with E-state index in [9.17, 15) is 15.0 Å². The Morgan fingerprint density at radius 1 is 0.383 bits per heavy atom. The van der Waals surface area contributed by atoms with Gasteiger partial charge in [-0.25, -0.2) is 0 Å². The van der Waals surface area contributed by atoms with Crippen molar-refractivity contribution in [3.63, 3.8) is 0 Å². The first-order valence-corrected chi connectivity index (χ1v) is 27.2. The zero-order valence-electron chi connectivity index (χ0n) is 40.7. The Balaban J connectivity index is 3.53. The van der Waals surface area contributed by atoms with Crippen LogP contribution in [0.4, 0.5) is 0 Å². The van der Waals surface area contributed by atoms with Crippen LogP contribution in [0.5, 0.6) is 0 Å². The zero-order chi connectivity index (χ0) is 43.5. The fraction of sp³-hybridized carbons (Fsp3) is 0.875. The van der Waals surface area contributed by atoms with Crippen molar-refractivity contribution in [3.8, 4) is 0 Å². The van der Waals surface area contributed by atoms with E-state index in [0.29, 0.717) is 6.42 Å². The molecule has 0 radical (unpaired) electrons. The number of hydrogen-bond donors (Lipinski definition) is 3. The summed E-state index contributed by atoms with van der Waals surface area (Å²) in [5.74, 6) is -0.0727. The Labute approximate surface area is 376 Å². The van der Waals surface area contributed by atoms with Gasteiger partial charge in [0.1, 0.15) is 0 Å². The zero-order valence-corrected chi connectivity index (χ0v) is 40.7. The Bertz CT molecular complexity index is 912. The molecule has 60 heavy (non-hydrogen) atoms. The van der Waals surface area contributed by atoms with Crippen molar-refractivity contribution in [1.29, 1.82) is 0 Å². The van der Waals surface area contributed by atoms with Gasteiger partial charge in [0.2, 0.25) is 5.91 Å². The van der Waals surface area contributed by atoms with E-state index in [1.807, 2.05) is 6.08 Å². The van der Waals surface area contributed by atoms with Crippen LogP contribution in [0.25, 0.3) is 0 Å². The molecule has 0 saturated carbocycles. The van der Waals surface area contributed by atoms with Crippen molar-refractivity contribution >= 4 is 5.91 Å². The molecule has 4 heteroatoms. The van der Waals surface area contributed by atoms with Gasteiger partial charge < -0.3 is 15.5 Å². The molecule has 0 aromatic carbocycles. The average Bonchev–Trinajstić information content (AvgIpc) is 3.25. The summed E-state index contributed by atoms with van der Waals surface area (Å²) >= 11 is 0. The van der Waals surface area contributed by atoms with Gasteiger partial charge in [0.15, 0.2) is 0 Å². The van der Waals surface area contributed by atoms with Gasteiger partial charge in [0.25, 0.3) is 0 Å². The molecule has 2 atom stereocenters. The van der Waals surface area contributed by atoms with Crippen molar-refractivity contribution in [3.05, 3.63) is 36.5 Å². The van der Waals surface area contributed by atoms with Crippen LogP contribution in [0, 0.1) is 0 Å². The summed E-state index contributed by atoms with van der Waals surface area (Å²) in [6, 6.07) is -0.640. The van der Waals surface area contributed by atoms with E-state index in [-0.39, 0.29) is 12.5 Å². The van der Waals surface area contributed by atoms with Crippen molar-refractivity contribution < 1.29 is 15.0 Å². The molecule has 0 heterocycles. The highest BCUT2D eigenvalue weighted by Gasteiger charge is 2.18. The standard InChI is InChI=1S/C56H107NO3/c1-3-5-7-9-11-13-15-17-19-21-23-25-26-27-28-29-30-32-33-35-37-39-41-43-45-47-49-51-55(59)54(53-58)57-56(60)52-50-48-46-44-42-40-38-36-34-31-24-22-20-18-16-14-12-10-8-6-4-2/h22,24,41,43,49,51,54-55,58-59H,3-21,23,25-40,42,44-48,50,52-53H2,1-2H3,(H,57,60)/b24-22-,43-41+,51-49+. The number of allylic oxidation sites excluding steroid dienone is 5. The van der Waals surface area contributed by atoms with Gasteiger partial charge in [-0.15, -0.1) is 0 Å². The highest BCUT2D eigenvalue weighted by Crippen LogP contribution is 2.17. The normalized spacial score (nSPS) is 13.1. The van der Waals surface area contributed by atoms with Crippen LogP contribution < -0.4 is 5.32 Å². The molecule has 0 rings (SSSR count). The molecule has 2 unspecified atom stereocenters. The quantitative estimate of drug-likeness (QED) is 0.0422. The molecule has 0 aliphatic rings. The van der Waals surface area contributed by atoms with E-state index < -0.39 is 12.1 Å². The molecule has 0 bridgehead atoms. The molecule has 0 fully saturated rings. The highest BCUT2D eigenvalue weighted by atomic mass is 16.3. The van der Waals surface area contributed by atoms with Crippen LogP contribution in [-0.2, 0) is 4.79 Å². The summed E-state index contributed by atoms with van der Waals surface area (Å²) in [6.07, 6.45) is 70.2. The third-order valence-electron chi connectivity index (χ3n) is 12.6. The fourth-order valence-electron chi connectivity index (χ4n) is 8.43. The Kier molecular flexibility index (Phi) is 50.8. The molecular formula is C56H107NO3. The molecule has 0 saturated heterocycles. The Morgan fingerprint density at radius 2 is 0.650 bits per heavy atom. The van der Waals surface area contributed by atoms with Gasteiger partial charge in [0.05, 0.1) is 18.8 Å². The van der Waals surface area contributed by atoms with E-state index in [1.54, 1.807) is 6.08 Å². The summed E-state index contributed by atoms with van der Waals surface area (Å²) in [6.45, 7) is 4.32. The summed E-state index contributed by atoms with van der Waals surface area (Å²) in [5, 5.41) is 23.1. The molecule has 354 valence electrons. The number of nitrogens with one attached hydrogen (secondary N) is 1. The van der Waals surface area contributed by atoms with E-state index >= 15 is 0 Å². The topological polar surface area (TPSA) is 69.6 Å². The number of aliphatic hydroxyl groups excluding tert-OH is 2. The predicted octanol–water partition coefficient (Wildman–Crippen LogP) is 17.7. The Morgan fingerprint density at radius 3 is 0.967 bits per heavy atom. The van der Waals surface area contributed by atoms with E-state index in [1.165, 1.54) is 244 Å². The number of unbranched alkanes of at least 4 members (excludes halogenated alkanes) is 39. The number of hydrogen-bond acceptors (Lipinski definition) is 3. The first-order valence-electron chi connectivity index (χ1n) is 27.2. The fourth-order valence-corrected chi connectivity index (χ4v) is 8.43. The molecule has 3 N–H and O–H groups in total. The van der Waals surface area contributed by atoms with E-state index in [4.69, 9.17) is 0 Å². The van der Waals surface area contributed by atoms with Gasteiger partial charge in [-0.3, -0.25) is 4.79 Å². The molecule has 0 aromatic heterocycles. The van der Waals surface area contributed by atoms with Gasteiger partial charge in [-0.2, -0.15) is 0 Å². The number of rotatable bonds is 50. The first kappa shape index (κ1) is 58.6. The lowest BCUT2D eigenvalue weighted by molar-refractivity contribution is -0.123. The van der Waals surface area contributed by atoms with Crippen molar-refractivity contribution in [2.45, 2.75) is 309 Å². The number of carbonyl (C=O) groups is 1. The van der Waals surface area contributed by atoms with Crippen LogP contribution in [0.2, 0.25) is 0 Å². The SMILES string of the molecule is CCCCCCCCCC/C=C\CCCCCCCCCCCC(=O)NC(CO)C(O)/C=C/CC/C=C/CCCCCCCCCCCCCCCCCCCCCCC. The lowest BCUT2D eigenvalue weighted by Crippen LogP contribution is -2.45. The maximum absolute atomic E-state index is 12.4. The number of amides is 1. The summed E-state index contributed by atoms with van der Waals surface area (Å²) < 4.78 is 0. The lowest BCUT2D eigenvalue weighted by atomic mass is 10.0. The maximum Gasteiger partial charge on any atom is 0.220 e. The number of aliphatic hydroxyl groups is 2. The third-order valence-corrected chi connectivity index (χ3v) is 12.6. The second-order valence-electron chi connectivity index (χ2n) is 18.6. The van der Waals surface area contributed by atoms with Crippen molar-refractivity contribution in [1.82, 2.24) is 5.32 Å². The van der Waals surface area contributed by atoms with Crippen LogP contribution >= 0.6 is 0 Å². The average molecular weight is 842 g/mol. The monoisotopic (exact) mass is 842 g/mol. The van der Waals surface area contributed by atoms with Crippen LogP contribution in [0.15, 0.2) is 36.5 Å². The van der Waals surface area contributed by atoms with Gasteiger partial charge in [0, 0.05) is 6.42 Å². The van der Waals surface area contributed by atoms with Crippen LogP contribution in [0.1, 0.15) is 296 Å². The molecule has 4 nitrogen and oxygen atoms in total. The minimum Gasteiger partial charge on any atom is -0.394 e. The molecule has 0 aliphatic carbocycles. The van der Waals surface area contributed by atoms with E-state index in [2.05, 4.69) is 43.5 Å². The van der Waals surface area contributed by atoms with Gasteiger partial charge in [-0.1, -0.05) is 269 Å². The highest BCUT2D eigenvalue weighted by molar-refractivity contribution is 5.76. The summed E-state index contributed by atoms with van der Waals surface area (Å²) in [5.41, 5.74) is 0. The van der Waals surface area contributed by atoms with Crippen LogP contribution in [-0.4, -0.2) is 34.9 Å². The second-order valence-corrected chi connectivity index (χ2v) is 18.6. The maximum atomic E-state index is 12.4. The molecule has 0 spiro atoms. The smallest absolute Gasteiger partial charge is 0.220 e. The first-order chi connectivity index (χ1) is 29.7. The molecule has 0 aromatic rings. The molecule has 0 aliphatic heterocycles. The van der Waals surface area contributed by atoms with Crippen molar-refractivity contribution in [2.24, 2.45) is 0 Å².